The molecule has 25 heavy (non-hydrogen) atoms. The van der Waals surface area contributed by atoms with Crippen molar-refractivity contribution in [1.29, 1.82) is 0 Å². The third kappa shape index (κ3) is 3.54. The van der Waals surface area contributed by atoms with Crippen LogP contribution in [0.25, 0.3) is 0 Å². The number of aromatic amines is 1. The Morgan fingerprint density at radius 1 is 1.32 bits per heavy atom. The first-order valence-corrected chi connectivity index (χ1v) is 7.81. The number of piperazine rings is 1. The molecule has 1 aliphatic rings. The molecule has 0 radical (unpaired) electrons. The lowest BCUT2D eigenvalue weighted by Crippen LogP contribution is -2.52. The number of carbonyl (C=O) groups is 2. The molecule has 0 unspecified atom stereocenters. The van der Waals surface area contributed by atoms with E-state index in [4.69, 9.17) is 4.74 Å². The van der Waals surface area contributed by atoms with Gasteiger partial charge < -0.3 is 14.5 Å². The number of aromatic nitrogens is 3. The normalized spacial score (nSPS) is 14.7. The first kappa shape index (κ1) is 16.7. The van der Waals surface area contributed by atoms with Gasteiger partial charge in [0.15, 0.2) is 0 Å². The average molecular weight is 345 g/mol. The number of rotatable bonds is 4. The van der Waals surface area contributed by atoms with E-state index in [1.54, 1.807) is 12.0 Å². The van der Waals surface area contributed by atoms with Crippen LogP contribution in [0.5, 0.6) is 5.75 Å². The van der Waals surface area contributed by atoms with Gasteiger partial charge >= 0.3 is 5.69 Å². The maximum atomic E-state index is 12.4. The van der Waals surface area contributed by atoms with Crippen molar-refractivity contribution >= 4 is 11.8 Å². The smallest absolute Gasteiger partial charge is 0.343 e. The number of ether oxygens (including phenoxy) is 1. The maximum Gasteiger partial charge on any atom is 0.343 e. The van der Waals surface area contributed by atoms with Crippen LogP contribution < -0.4 is 10.4 Å². The topological polar surface area (TPSA) is 101 Å². The number of hydrogen-bond donors (Lipinski definition) is 1. The van der Waals surface area contributed by atoms with Crippen LogP contribution in [0, 0.1) is 0 Å². The van der Waals surface area contributed by atoms with Crippen LogP contribution in [0.4, 0.5) is 0 Å². The van der Waals surface area contributed by atoms with Crippen molar-refractivity contribution in [3.63, 3.8) is 0 Å². The van der Waals surface area contributed by atoms with Crippen molar-refractivity contribution < 1.29 is 14.3 Å². The van der Waals surface area contributed by atoms with Crippen molar-refractivity contribution in [1.82, 2.24) is 24.6 Å². The number of carbonyl (C=O) groups excluding carboxylic acids is 2. The van der Waals surface area contributed by atoms with Gasteiger partial charge in [-0.15, -0.1) is 5.10 Å². The van der Waals surface area contributed by atoms with E-state index in [9.17, 15) is 14.4 Å². The zero-order chi connectivity index (χ0) is 18.0. The SMILES string of the molecule is COc1cccc(CN2CCN(C(=O)c3nn(C)c(=O)[nH]3)CC2=O)c1. The number of H-pyrrole nitrogens is 1. The van der Waals surface area contributed by atoms with Gasteiger partial charge in [0.25, 0.3) is 5.91 Å². The quantitative estimate of drug-likeness (QED) is 0.813. The second-order valence-electron chi connectivity index (χ2n) is 5.80. The van der Waals surface area contributed by atoms with Gasteiger partial charge in [0.1, 0.15) is 12.3 Å². The number of nitrogens with one attached hydrogen (secondary N) is 1. The molecule has 1 fully saturated rings. The summed E-state index contributed by atoms with van der Waals surface area (Å²) in [5.74, 6) is 0.0761. The highest BCUT2D eigenvalue weighted by molar-refractivity contribution is 5.94. The molecule has 1 saturated heterocycles. The molecular formula is C16H19N5O4. The number of methoxy groups -OCH3 is 1. The molecule has 2 amide bonds. The van der Waals surface area contributed by atoms with Gasteiger partial charge in [0.05, 0.1) is 7.11 Å². The van der Waals surface area contributed by atoms with Crippen LogP contribution in [0.2, 0.25) is 0 Å². The van der Waals surface area contributed by atoms with Crippen molar-refractivity contribution in [2.24, 2.45) is 7.05 Å². The molecule has 9 heteroatoms. The minimum absolute atomic E-state index is 0.0403. The molecule has 2 aromatic rings. The molecule has 9 nitrogen and oxygen atoms in total. The monoisotopic (exact) mass is 345 g/mol. The molecule has 0 atom stereocenters. The van der Waals surface area contributed by atoms with Gasteiger partial charge in [-0.3, -0.25) is 14.6 Å². The number of aryl methyl sites for hydroxylation is 1. The van der Waals surface area contributed by atoms with E-state index < -0.39 is 11.6 Å². The molecule has 0 bridgehead atoms. The highest BCUT2D eigenvalue weighted by Crippen LogP contribution is 2.16. The molecule has 3 rings (SSSR count). The molecule has 1 N–H and O–H groups in total. The van der Waals surface area contributed by atoms with E-state index in [2.05, 4.69) is 10.1 Å². The zero-order valence-corrected chi connectivity index (χ0v) is 14.1. The fourth-order valence-corrected chi connectivity index (χ4v) is 2.69. The summed E-state index contributed by atoms with van der Waals surface area (Å²) in [7, 11) is 3.05. The summed E-state index contributed by atoms with van der Waals surface area (Å²) >= 11 is 0. The van der Waals surface area contributed by atoms with Crippen LogP contribution in [0.3, 0.4) is 0 Å². The van der Waals surface area contributed by atoms with Crippen molar-refractivity contribution in [2.75, 3.05) is 26.7 Å². The molecule has 0 spiro atoms. The fourth-order valence-electron chi connectivity index (χ4n) is 2.69. The molecule has 2 heterocycles. The van der Waals surface area contributed by atoms with Gasteiger partial charge in [-0.05, 0) is 17.7 Å². The zero-order valence-electron chi connectivity index (χ0n) is 14.1. The Bertz CT molecular complexity index is 856. The number of amides is 2. The van der Waals surface area contributed by atoms with Gasteiger partial charge in [-0.2, -0.15) is 0 Å². The van der Waals surface area contributed by atoms with E-state index in [0.29, 0.717) is 19.6 Å². The summed E-state index contributed by atoms with van der Waals surface area (Å²) in [5, 5.41) is 3.83. The van der Waals surface area contributed by atoms with Crippen molar-refractivity contribution in [2.45, 2.75) is 6.54 Å². The summed E-state index contributed by atoms with van der Waals surface area (Å²) in [5.41, 5.74) is 0.493. The minimum Gasteiger partial charge on any atom is -0.497 e. The Morgan fingerprint density at radius 2 is 2.12 bits per heavy atom. The van der Waals surface area contributed by atoms with Gasteiger partial charge in [0, 0.05) is 26.7 Å². The average Bonchev–Trinajstić information content (AvgIpc) is 2.95. The molecular weight excluding hydrogens is 326 g/mol. The van der Waals surface area contributed by atoms with E-state index in [0.717, 1.165) is 16.0 Å². The molecule has 1 aliphatic heterocycles. The van der Waals surface area contributed by atoms with Crippen LogP contribution in [-0.2, 0) is 18.4 Å². The second-order valence-corrected chi connectivity index (χ2v) is 5.80. The molecule has 0 saturated carbocycles. The lowest BCUT2D eigenvalue weighted by molar-refractivity contribution is -0.135. The number of benzene rings is 1. The summed E-state index contributed by atoms with van der Waals surface area (Å²) < 4.78 is 6.24. The third-order valence-corrected chi connectivity index (χ3v) is 4.09. The van der Waals surface area contributed by atoms with Crippen molar-refractivity contribution in [3.8, 4) is 5.75 Å². The molecule has 0 aliphatic carbocycles. The van der Waals surface area contributed by atoms with Crippen LogP contribution >= 0.6 is 0 Å². The van der Waals surface area contributed by atoms with E-state index in [1.165, 1.54) is 11.9 Å². The van der Waals surface area contributed by atoms with Gasteiger partial charge in [-0.1, -0.05) is 12.1 Å². The van der Waals surface area contributed by atoms with Crippen molar-refractivity contribution in [3.05, 3.63) is 46.1 Å². The Hall–Kier alpha value is -3.10. The highest BCUT2D eigenvalue weighted by atomic mass is 16.5. The van der Waals surface area contributed by atoms with Crippen LogP contribution in [0.15, 0.2) is 29.1 Å². The first-order chi connectivity index (χ1) is 12.0. The van der Waals surface area contributed by atoms with Gasteiger partial charge in [0.2, 0.25) is 11.7 Å². The molecule has 132 valence electrons. The van der Waals surface area contributed by atoms with Gasteiger partial charge in [-0.25, -0.2) is 9.48 Å². The number of nitrogens with zero attached hydrogens (tertiary/aromatic N) is 4. The Morgan fingerprint density at radius 3 is 2.76 bits per heavy atom. The van der Waals surface area contributed by atoms with Crippen LogP contribution in [0.1, 0.15) is 16.2 Å². The predicted molar refractivity (Wildman–Crippen MR) is 88.1 cm³/mol. The minimum atomic E-state index is -0.466. The molecule has 1 aromatic heterocycles. The van der Waals surface area contributed by atoms with E-state index in [1.807, 2.05) is 24.3 Å². The summed E-state index contributed by atoms with van der Waals surface area (Å²) in [6, 6.07) is 7.51. The van der Waals surface area contributed by atoms with E-state index >= 15 is 0 Å². The summed E-state index contributed by atoms with van der Waals surface area (Å²) in [6.45, 7) is 1.21. The Kier molecular flexibility index (Phi) is 4.55. The Balaban J connectivity index is 1.65. The second kappa shape index (κ2) is 6.80. The summed E-state index contributed by atoms with van der Waals surface area (Å²) in [6.07, 6.45) is 0. The first-order valence-electron chi connectivity index (χ1n) is 7.81. The maximum absolute atomic E-state index is 12.4. The summed E-state index contributed by atoms with van der Waals surface area (Å²) in [4.78, 5) is 41.6. The lowest BCUT2D eigenvalue weighted by atomic mass is 10.2. The lowest BCUT2D eigenvalue weighted by Gasteiger charge is -2.34. The third-order valence-electron chi connectivity index (χ3n) is 4.09. The largest absolute Gasteiger partial charge is 0.497 e. The Labute approximate surface area is 143 Å². The van der Waals surface area contributed by atoms with Crippen LogP contribution in [-0.4, -0.2) is 63.1 Å². The highest BCUT2D eigenvalue weighted by Gasteiger charge is 2.29. The molecule has 1 aromatic carbocycles. The number of hydrogen-bond acceptors (Lipinski definition) is 5. The standard InChI is InChI=1S/C16H19N5O4/c1-19-16(24)17-14(18-19)15(23)21-7-6-20(13(22)10-21)9-11-4-3-5-12(8-11)25-2/h3-5,8H,6-7,9-10H2,1-2H3,(H,17,18,24). The predicted octanol–water partition coefficient (Wildman–Crippen LogP) is -0.398. The fraction of sp³-hybridized carbons (Fsp3) is 0.375. The van der Waals surface area contributed by atoms with E-state index in [-0.39, 0.29) is 18.3 Å².